The van der Waals surface area contributed by atoms with Gasteiger partial charge in [0, 0.05) is 5.02 Å². The molecule has 0 unspecified atom stereocenters. The number of halogens is 1. The van der Waals surface area contributed by atoms with Crippen molar-refractivity contribution in [3.8, 4) is 0 Å². The van der Waals surface area contributed by atoms with Crippen LogP contribution in [0.15, 0.2) is 18.2 Å². The Kier molecular flexibility index (Phi) is 1.70. The number of aromatic nitrogens is 2. The highest BCUT2D eigenvalue weighted by molar-refractivity contribution is 6.31. The lowest BCUT2D eigenvalue weighted by Crippen LogP contribution is -2.18. The van der Waals surface area contributed by atoms with Crippen molar-refractivity contribution in [2.24, 2.45) is 5.73 Å². The normalized spacial score (nSPS) is 10.5. The van der Waals surface area contributed by atoms with Crippen LogP contribution in [-0.4, -0.2) is 15.6 Å². The molecular weight excluding hydrogens is 190 g/mol. The van der Waals surface area contributed by atoms with E-state index >= 15 is 0 Å². The molecule has 4 nitrogen and oxygen atoms in total. The number of rotatable bonds is 0. The van der Waals surface area contributed by atoms with Gasteiger partial charge < -0.3 is 5.73 Å². The summed E-state index contributed by atoms with van der Waals surface area (Å²) in [6, 6.07) is 4.39. The minimum Gasteiger partial charge on any atom is -0.351 e. The smallest absolute Gasteiger partial charge is 0.325 e. The van der Waals surface area contributed by atoms with Crippen LogP contribution in [0.25, 0.3) is 11.0 Å². The fourth-order valence-corrected chi connectivity index (χ4v) is 1.26. The average Bonchev–Trinajstić information content (AvgIpc) is 2.46. The Labute approximate surface area is 78.9 Å². The lowest BCUT2D eigenvalue weighted by molar-refractivity contribution is 0.251. The highest BCUT2D eigenvalue weighted by Crippen LogP contribution is 2.17. The van der Waals surface area contributed by atoms with Crippen molar-refractivity contribution in [1.29, 1.82) is 0 Å². The summed E-state index contributed by atoms with van der Waals surface area (Å²) in [7, 11) is 0. The van der Waals surface area contributed by atoms with Crippen LogP contribution in [0.3, 0.4) is 0 Å². The van der Waals surface area contributed by atoms with Crippen molar-refractivity contribution in [3.05, 3.63) is 29.5 Å². The van der Waals surface area contributed by atoms with E-state index in [0.717, 1.165) is 4.57 Å². The van der Waals surface area contributed by atoms with Gasteiger partial charge in [0.15, 0.2) is 6.33 Å². The Bertz CT molecular complexity index is 477. The molecule has 13 heavy (non-hydrogen) atoms. The summed E-state index contributed by atoms with van der Waals surface area (Å²) in [5.74, 6) is 0. The Morgan fingerprint density at radius 3 is 3.08 bits per heavy atom. The first-order valence-electron chi connectivity index (χ1n) is 3.54. The Morgan fingerprint density at radius 1 is 1.62 bits per heavy atom. The third-order valence-corrected chi connectivity index (χ3v) is 1.90. The van der Waals surface area contributed by atoms with Crippen molar-refractivity contribution in [3.63, 3.8) is 0 Å². The molecule has 1 aromatic heterocycles. The minimum atomic E-state index is -0.621. The van der Waals surface area contributed by atoms with Gasteiger partial charge in [-0.15, -0.1) is 0 Å². The zero-order chi connectivity index (χ0) is 9.42. The lowest BCUT2D eigenvalue weighted by Gasteiger charge is -1.95. The molecule has 0 saturated heterocycles. The van der Waals surface area contributed by atoms with E-state index in [1.165, 1.54) is 0 Å². The number of fused-ring (bicyclic) bond motifs is 1. The van der Waals surface area contributed by atoms with Crippen LogP contribution in [0.5, 0.6) is 0 Å². The summed E-state index contributed by atoms with van der Waals surface area (Å²) >= 11 is 5.75. The number of imidazole rings is 1. The van der Waals surface area contributed by atoms with Crippen molar-refractivity contribution in [2.75, 3.05) is 0 Å². The van der Waals surface area contributed by atoms with Gasteiger partial charge in [-0.2, -0.15) is 0 Å². The molecule has 2 N–H and O–H groups in total. The highest BCUT2D eigenvalue weighted by Gasteiger charge is 2.06. The molecule has 0 aliphatic carbocycles. The monoisotopic (exact) mass is 194 g/mol. The summed E-state index contributed by atoms with van der Waals surface area (Å²) < 4.78 is 1.13. The molecule has 0 saturated carbocycles. The molecule has 0 spiro atoms. The molecule has 0 aliphatic heterocycles. The largest absolute Gasteiger partial charge is 0.351 e. The zero-order valence-electron chi connectivity index (χ0n) is 6.49. The fourth-order valence-electron chi connectivity index (χ4n) is 1.10. The van der Waals surface area contributed by atoms with Crippen LogP contribution >= 0.6 is 11.6 Å². The molecule has 0 aliphatic rings. The van der Waals surface area contributed by atoms with Crippen LogP contribution in [-0.2, 0) is 0 Å². The molecule has 65 valence electrons. The first-order valence-corrected chi connectivity index (χ1v) is 3.92. The fraction of sp³-hybridized carbons (Fsp3) is 0. The lowest BCUT2D eigenvalue weighted by atomic mass is 10.3. The van der Waals surface area contributed by atoms with E-state index < -0.39 is 6.03 Å². The van der Waals surface area contributed by atoms with Crippen LogP contribution in [0.4, 0.5) is 4.79 Å². The quantitative estimate of drug-likeness (QED) is 0.690. The SMILES string of the molecule is NC(=O)n1[c]nc2ccc(Cl)cc21. The van der Waals surface area contributed by atoms with Crippen molar-refractivity contribution in [1.82, 2.24) is 9.55 Å². The number of hydrogen-bond acceptors (Lipinski definition) is 2. The Hall–Kier alpha value is -1.55. The van der Waals surface area contributed by atoms with Crippen molar-refractivity contribution in [2.45, 2.75) is 0 Å². The van der Waals surface area contributed by atoms with E-state index in [1.807, 2.05) is 0 Å². The van der Waals surface area contributed by atoms with Gasteiger partial charge in [-0.25, -0.2) is 14.3 Å². The number of carbonyl (C=O) groups excluding carboxylic acids is 1. The molecule has 2 aromatic rings. The second-order valence-electron chi connectivity index (χ2n) is 2.52. The van der Waals surface area contributed by atoms with E-state index in [4.69, 9.17) is 17.3 Å². The van der Waals surface area contributed by atoms with E-state index in [9.17, 15) is 4.79 Å². The molecule has 1 aromatic carbocycles. The molecule has 0 atom stereocenters. The van der Waals surface area contributed by atoms with Gasteiger partial charge in [0.25, 0.3) is 0 Å². The van der Waals surface area contributed by atoms with Gasteiger partial charge in [-0.1, -0.05) is 11.6 Å². The Morgan fingerprint density at radius 2 is 2.38 bits per heavy atom. The molecular formula is C8H5ClN3O. The van der Waals surface area contributed by atoms with Crippen LogP contribution in [0, 0.1) is 6.33 Å². The second-order valence-corrected chi connectivity index (χ2v) is 2.95. The molecule has 0 bridgehead atoms. The van der Waals surface area contributed by atoms with Gasteiger partial charge >= 0.3 is 6.03 Å². The zero-order valence-corrected chi connectivity index (χ0v) is 7.25. The first-order chi connectivity index (χ1) is 6.18. The Balaban J connectivity index is 2.79. The third-order valence-electron chi connectivity index (χ3n) is 1.67. The van der Waals surface area contributed by atoms with Gasteiger partial charge in [-0.3, -0.25) is 0 Å². The highest BCUT2D eigenvalue weighted by atomic mass is 35.5. The maximum absolute atomic E-state index is 10.9. The molecule has 5 heteroatoms. The second kappa shape index (κ2) is 2.74. The topological polar surface area (TPSA) is 60.9 Å². The third kappa shape index (κ3) is 1.25. The van der Waals surface area contributed by atoms with Crippen LogP contribution < -0.4 is 5.73 Å². The predicted octanol–water partition coefficient (Wildman–Crippen LogP) is 1.42. The van der Waals surface area contributed by atoms with E-state index in [1.54, 1.807) is 18.2 Å². The van der Waals surface area contributed by atoms with Gasteiger partial charge in [0.1, 0.15) is 0 Å². The molecule has 1 radical (unpaired) electrons. The van der Waals surface area contributed by atoms with Crippen LogP contribution in [0.1, 0.15) is 0 Å². The standard InChI is InChI=1S/C8H5ClN3O/c9-5-1-2-6-7(3-5)12(4-11-6)8(10)13/h1-3H,(H2,10,13). The molecule has 1 amide bonds. The number of nitrogens with zero attached hydrogens (tertiary/aromatic N) is 2. The van der Waals surface area contributed by atoms with Crippen LogP contribution in [0.2, 0.25) is 5.02 Å². The number of carbonyl (C=O) groups is 1. The van der Waals surface area contributed by atoms with Gasteiger partial charge in [-0.05, 0) is 18.2 Å². The number of benzene rings is 1. The number of amides is 1. The first kappa shape index (κ1) is 8.07. The molecule has 2 rings (SSSR count). The summed E-state index contributed by atoms with van der Waals surface area (Å²) in [5, 5.41) is 0.531. The van der Waals surface area contributed by atoms with Gasteiger partial charge in [0.05, 0.1) is 11.0 Å². The summed E-state index contributed by atoms with van der Waals surface area (Å²) in [6.07, 6.45) is 2.47. The predicted molar refractivity (Wildman–Crippen MR) is 48.6 cm³/mol. The van der Waals surface area contributed by atoms with E-state index in [-0.39, 0.29) is 0 Å². The average molecular weight is 195 g/mol. The molecule has 1 heterocycles. The maximum atomic E-state index is 10.9. The molecule has 0 fully saturated rings. The maximum Gasteiger partial charge on any atom is 0.325 e. The number of primary amides is 1. The van der Waals surface area contributed by atoms with E-state index in [2.05, 4.69) is 11.3 Å². The van der Waals surface area contributed by atoms with Crippen molar-refractivity contribution >= 4 is 28.7 Å². The minimum absolute atomic E-state index is 0.531. The summed E-state index contributed by atoms with van der Waals surface area (Å²) in [6.45, 7) is 0. The summed E-state index contributed by atoms with van der Waals surface area (Å²) in [4.78, 5) is 14.7. The van der Waals surface area contributed by atoms with E-state index in [0.29, 0.717) is 16.1 Å². The van der Waals surface area contributed by atoms with Gasteiger partial charge in [0.2, 0.25) is 0 Å². The number of nitrogens with two attached hydrogens (primary N) is 1. The number of hydrogen-bond donors (Lipinski definition) is 1. The van der Waals surface area contributed by atoms with Crippen molar-refractivity contribution < 1.29 is 4.79 Å². The summed E-state index contributed by atoms with van der Waals surface area (Å²) in [5.41, 5.74) is 6.30.